The summed E-state index contributed by atoms with van der Waals surface area (Å²) in [7, 11) is -2.01. The van der Waals surface area contributed by atoms with Crippen LogP contribution < -0.4 is 9.46 Å². The molecular formula is C17H23NO4S2. The number of methoxy groups -OCH3 is 1. The van der Waals surface area contributed by atoms with Crippen LogP contribution in [0.15, 0.2) is 40.6 Å². The lowest BCUT2D eigenvalue weighted by atomic mass is 10.0. The number of benzene rings is 1. The SMILES string of the molecule is COc1ccc(S(=O)(=O)NCC[C@@H](CCO)c2cccs2)c(C)c1. The lowest BCUT2D eigenvalue weighted by molar-refractivity contribution is 0.273. The second kappa shape index (κ2) is 8.62. The first kappa shape index (κ1) is 18.9. The van der Waals surface area contributed by atoms with E-state index in [1.807, 2.05) is 17.5 Å². The maximum absolute atomic E-state index is 12.5. The Bertz CT molecular complexity index is 742. The van der Waals surface area contributed by atoms with Crippen molar-refractivity contribution < 1.29 is 18.3 Å². The first-order valence-electron chi connectivity index (χ1n) is 7.76. The standard InChI is InChI=1S/C17H23NO4S2/c1-13-12-15(22-2)5-6-17(13)24(20,21)18-9-7-14(8-10-19)16-4-3-11-23-16/h3-6,11-12,14,18-19H,7-10H2,1-2H3/t14-/m0/s1. The van der Waals surface area contributed by atoms with E-state index in [9.17, 15) is 13.5 Å². The van der Waals surface area contributed by atoms with Crippen molar-refractivity contribution >= 4 is 21.4 Å². The molecule has 1 aromatic heterocycles. The molecule has 0 bridgehead atoms. The predicted octanol–water partition coefficient (Wildman–Crippen LogP) is 2.90. The summed E-state index contributed by atoms with van der Waals surface area (Å²) in [5, 5.41) is 11.2. The summed E-state index contributed by atoms with van der Waals surface area (Å²) >= 11 is 1.63. The number of hydrogen-bond acceptors (Lipinski definition) is 5. The first-order chi connectivity index (χ1) is 11.5. The van der Waals surface area contributed by atoms with E-state index in [1.54, 1.807) is 43.6 Å². The van der Waals surface area contributed by atoms with Gasteiger partial charge < -0.3 is 9.84 Å². The molecule has 1 heterocycles. The van der Waals surface area contributed by atoms with Gasteiger partial charge in [-0.15, -0.1) is 11.3 Å². The van der Waals surface area contributed by atoms with E-state index < -0.39 is 10.0 Å². The van der Waals surface area contributed by atoms with Crippen LogP contribution in [-0.2, 0) is 10.0 Å². The van der Waals surface area contributed by atoms with E-state index in [-0.39, 0.29) is 17.4 Å². The van der Waals surface area contributed by atoms with Crippen molar-refractivity contribution in [3.8, 4) is 5.75 Å². The van der Waals surface area contributed by atoms with Crippen LogP contribution in [0.25, 0.3) is 0 Å². The van der Waals surface area contributed by atoms with Crippen LogP contribution in [0.2, 0.25) is 0 Å². The Hall–Kier alpha value is -1.41. The first-order valence-corrected chi connectivity index (χ1v) is 10.1. The topological polar surface area (TPSA) is 75.6 Å². The number of sulfonamides is 1. The van der Waals surface area contributed by atoms with Crippen LogP contribution in [0.1, 0.15) is 29.2 Å². The van der Waals surface area contributed by atoms with Crippen molar-refractivity contribution in [3.05, 3.63) is 46.2 Å². The van der Waals surface area contributed by atoms with Crippen molar-refractivity contribution in [3.63, 3.8) is 0 Å². The molecule has 1 atom stereocenters. The summed E-state index contributed by atoms with van der Waals surface area (Å²) in [4.78, 5) is 1.43. The van der Waals surface area contributed by atoms with Gasteiger partial charge in [-0.3, -0.25) is 0 Å². The van der Waals surface area contributed by atoms with E-state index in [1.165, 1.54) is 4.88 Å². The summed E-state index contributed by atoms with van der Waals surface area (Å²) < 4.78 is 32.7. The van der Waals surface area contributed by atoms with Gasteiger partial charge in [-0.05, 0) is 60.9 Å². The van der Waals surface area contributed by atoms with Gasteiger partial charge in [0.05, 0.1) is 12.0 Å². The van der Waals surface area contributed by atoms with Gasteiger partial charge in [0.25, 0.3) is 0 Å². The molecule has 0 fully saturated rings. The normalized spacial score (nSPS) is 13.0. The van der Waals surface area contributed by atoms with Crippen molar-refractivity contribution in [1.82, 2.24) is 4.72 Å². The Morgan fingerprint density at radius 2 is 2.08 bits per heavy atom. The fourth-order valence-corrected chi connectivity index (χ4v) is 4.78. The molecule has 2 N–H and O–H groups in total. The minimum atomic E-state index is -3.56. The average molecular weight is 370 g/mol. The minimum Gasteiger partial charge on any atom is -0.497 e. The molecular weight excluding hydrogens is 346 g/mol. The van der Waals surface area contributed by atoms with Crippen molar-refractivity contribution in [2.24, 2.45) is 0 Å². The third-order valence-corrected chi connectivity index (χ3v) is 6.54. The van der Waals surface area contributed by atoms with E-state index in [0.717, 1.165) is 0 Å². The second-order valence-corrected chi connectivity index (χ2v) is 8.26. The van der Waals surface area contributed by atoms with Gasteiger partial charge in [0.1, 0.15) is 5.75 Å². The highest BCUT2D eigenvalue weighted by molar-refractivity contribution is 7.89. The van der Waals surface area contributed by atoms with E-state index in [0.29, 0.717) is 30.7 Å². The molecule has 0 saturated carbocycles. The predicted molar refractivity (Wildman–Crippen MR) is 96.3 cm³/mol. The van der Waals surface area contributed by atoms with Gasteiger partial charge in [-0.25, -0.2) is 13.1 Å². The van der Waals surface area contributed by atoms with Gasteiger partial charge >= 0.3 is 0 Å². The number of rotatable bonds is 9. The molecule has 0 aliphatic heterocycles. The lowest BCUT2D eigenvalue weighted by Crippen LogP contribution is -2.26. The highest BCUT2D eigenvalue weighted by atomic mass is 32.2. The molecule has 0 spiro atoms. The third kappa shape index (κ3) is 4.80. The summed E-state index contributed by atoms with van der Waals surface area (Å²) in [5.41, 5.74) is 0.645. The summed E-state index contributed by atoms with van der Waals surface area (Å²) in [6.45, 7) is 2.17. The van der Waals surface area contributed by atoms with Crippen molar-refractivity contribution in [2.75, 3.05) is 20.3 Å². The van der Waals surface area contributed by atoms with Crippen LogP contribution in [-0.4, -0.2) is 33.8 Å². The Morgan fingerprint density at radius 3 is 2.67 bits per heavy atom. The summed E-state index contributed by atoms with van der Waals surface area (Å²) in [6, 6.07) is 8.89. The van der Waals surface area contributed by atoms with Gasteiger partial charge in [0.15, 0.2) is 0 Å². The summed E-state index contributed by atoms with van der Waals surface area (Å²) in [6.07, 6.45) is 1.28. The molecule has 2 rings (SSSR count). The number of nitrogens with one attached hydrogen (secondary N) is 1. The molecule has 0 unspecified atom stereocenters. The van der Waals surface area contributed by atoms with E-state index in [4.69, 9.17) is 4.74 Å². The van der Waals surface area contributed by atoms with Gasteiger partial charge in [-0.2, -0.15) is 0 Å². The van der Waals surface area contributed by atoms with Crippen LogP contribution in [0.4, 0.5) is 0 Å². The zero-order valence-corrected chi connectivity index (χ0v) is 15.5. The molecule has 2 aromatic rings. The summed E-state index contributed by atoms with van der Waals surface area (Å²) in [5.74, 6) is 0.793. The third-order valence-electron chi connectivity index (χ3n) is 3.88. The number of aryl methyl sites for hydroxylation is 1. The van der Waals surface area contributed by atoms with Gasteiger partial charge in [0, 0.05) is 18.0 Å². The molecule has 0 aliphatic carbocycles. The maximum atomic E-state index is 12.5. The Kier molecular flexibility index (Phi) is 6.79. The zero-order valence-electron chi connectivity index (χ0n) is 13.9. The van der Waals surface area contributed by atoms with E-state index >= 15 is 0 Å². The molecule has 0 saturated heterocycles. The maximum Gasteiger partial charge on any atom is 0.240 e. The molecule has 7 heteroatoms. The highest BCUT2D eigenvalue weighted by Gasteiger charge is 2.18. The number of aliphatic hydroxyl groups excluding tert-OH is 1. The van der Waals surface area contributed by atoms with Crippen molar-refractivity contribution in [1.29, 1.82) is 0 Å². The monoisotopic (exact) mass is 369 g/mol. The van der Waals surface area contributed by atoms with Crippen LogP contribution in [0.3, 0.4) is 0 Å². The van der Waals surface area contributed by atoms with Crippen LogP contribution in [0.5, 0.6) is 5.75 Å². The quantitative estimate of drug-likeness (QED) is 0.713. The molecule has 0 radical (unpaired) electrons. The molecule has 0 aliphatic rings. The molecule has 1 aromatic carbocycles. The smallest absolute Gasteiger partial charge is 0.240 e. The number of hydrogen-bond donors (Lipinski definition) is 2. The fourth-order valence-electron chi connectivity index (χ4n) is 2.60. The van der Waals surface area contributed by atoms with Crippen LogP contribution in [0, 0.1) is 6.92 Å². The Labute approximate surface area is 147 Å². The number of aliphatic hydroxyl groups is 1. The van der Waals surface area contributed by atoms with E-state index in [2.05, 4.69) is 4.72 Å². The van der Waals surface area contributed by atoms with Gasteiger partial charge in [0.2, 0.25) is 10.0 Å². The Balaban J connectivity index is 2.02. The number of thiophene rings is 1. The number of ether oxygens (including phenoxy) is 1. The largest absolute Gasteiger partial charge is 0.497 e. The molecule has 24 heavy (non-hydrogen) atoms. The minimum absolute atomic E-state index is 0.0902. The van der Waals surface area contributed by atoms with Crippen LogP contribution >= 0.6 is 11.3 Å². The molecule has 5 nitrogen and oxygen atoms in total. The second-order valence-electron chi connectivity index (χ2n) is 5.54. The average Bonchev–Trinajstić information content (AvgIpc) is 3.07. The van der Waals surface area contributed by atoms with Gasteiger partial charge in [-0.1, -0.05) is 6.07 Å². The zero-order chi connectivity index (χ0) is 17.6. The molecule has 0 amide bonds. The lowest BCUT2D eigenvalue weighted by Gasteiger charge is -2.15. The van der Waals surface area contributed by atoms with Crippen molar-refractivity contribution in [2.45, 2.75) is 30.6 Å². The molecule has 132 valence electrons. The highest BCUT2D eigenvalue weighted by Crippen LogP contribution is 2.27. The fraction of sp³-hybridized carbons (Fsp3) is 0.412. The Morgan fingerprint density at radius 1 is 1.29 bits per heavy atom.